The van der Waals surface area contributed by atoms with Crippen LogP contribution in [0.5, 0.6) is 0 Å². The number of carbonyl (C=O) groups is 1. The summed E-state index contributed by atoms with van der Waals surface area (Å²) in [5.41, 5.74) is 6.19. The molecule has 0 aromatic heterocycles. The van der Waals surface area contributed by atoms with Gasteiger partial charge >= 0.3 is 5.97 Å². The van der Waals surface area contributed by atoms with Crippen molar-refractivity contribution < 1.29 is 18.7 Å². The molecule has 0 bridgehead atoms. The monoisotopic (exact) mass is 284 g/mol. The van der Waals surface area contributed by atoms with E-state index in [2.05, 4.69) is 10.1 Å². The van der Waals surface area contributed by atoms with E-state index in [-0.39, 0.29) is 11.6 Å². The van der Waals surface area contributed by atoms with E-state index >= 15 is 0 Å². The summed E-state index contributed by atoms with van der Waals surface area (Å²) < 4.78 is 23.0. The molecule has 0 aliphatic carbocycles. The summed E-state index contributed by atoms with van der Waals surface area (Å²) in [6, 6.07) is 3.97. The highest BCUT2D eigenvalue weighted by Gasteiger charge is 2.16. The van der Waals surface area contributed by atoms with Crippen molar-refractivity contribution in [3.05, 3.63) is 29.6 Å². The number of ether oxygens (including phenoxy) is 2. The number of rotatable bonds is 8. The molecule has 0 fully saturated rings. The molecule has 1 rings (SSSR count). The lowest BCUT2D eigenvalue weighted by Crippen LogP contribution is -2.27. The maximum atomic E-state index is 13.3. The third-order valence-corrected chi connectivity index (χ3v) is 2.87. The molecule has 0 spiro atoms. The van der Waals surface area contributed by atoms with Crippen molar-refractivity contribution in [2.45, 2.75) is 18.9 Å². The van der Waals surface area contributed by atoms with E-state index in [0.29, 0.717) is 18.8 Å². The minimum Gasteiger partial charge on any atom is -0.465 e. The molecule has 6 heteroatoms. The standard InChI is InChI=1S/C14H21FN2O3/c1-19-9-11(4-3-7-16)17-13-6-5-10(15)8-12(13)14(18)20-2/h5-6,8,11,17H,3-4,7,9,16H2,1-2H3. The van der Waals surface area contributed by atoms with Gasteiger partial charge in [0.05, 0.1) is 19.3 Å². The number of halogens is 1. The Bertz CT molecular complexity index is 440. The summed E-state index contributed by atoms with van der Waals surface area (Å²) in [4.78, 5) is 11.7. The number of anilines is 1. The van der Waals surface area contributed by atoms with Gasteiger partial charge in [0.15, 0.2) is 0 Å². The molecule has 5 nitrogen and oxygen atoms in total. The number of methoxy groups -OCH3 is 2. The van der Waals surface area contributed by atoms with Crippen LogP contribution in [-0.2, 0) is 9.47 Å². The molecular formula is C14H21FN2O3. The van der Waals surface area contributed by atoms with Crippen LogP contribution in [0.25, 0.3) is 0 Å². The molecule has 1 aromatic rings. The summed E-state index contributed by atoms with van der Waals surface area (Å²) in [6.45, 7) is 1.05. The van der Waals surface area contributed by atoms with Gasteiger partial charge < -0.3 is 20.5 Å². The van der Waals surface area contributed by atoms with E-state index in [0.717, 1.165) is 18.9 Å². The van der Waals surface area contributed by atoms with Crippen molar-refractivity contribution in [3.63, 3.8) is 0 Å². The van der Waals surface area contributed by atoms with Gasteiger partial charge in [0, 0.05) is 18.8 Å². The largest absolute Gasteiger partial charge is 0.465 e. The van der Waals surface area contributed by atoms with Crippen molar-refractivity contribution >= 4 is 11.7 Å². The molecule has 0 aliphatic heterocycles. The van der Waals surface area contributed by atoms with Crippen LogP contribution in [0.3, 0.4) is 0 Å². The summed E-state index contributed by atoms with van der Waals surface area (Å²) in [5.74, 6) is -1.07. The Morgan fingerprint density at radius 2 is 2.20 bits per heavy atom. The average Bonchev–Trinajstić information content (AvgIpc) is 2.45. The highest BCUT2D eigenvalue weighted by Crippen LogP contribution is 2.20. The molecule has 1 unspecified atom stereocenters. The molecule has 112 valence electrons. The first kappa shape index (κ1) is 16.4. The zero-order valence-corrected chi connectivity index (χ0v) is 11.8. The molecule has 0 saturated heterocycles. The van der Waals surface area contributed by atoms with E-state index < -0.39 is 11.8 Å². The van der Waals surface area contributed by atoms with Crippen molar-refractivity contribution in [3.8, 4) is 0 Å². The summed E-state index contributed by atoms with van der Waals surface area (Å²) >= 11 is 0. The number of hydrogen-bond donors (Lipinski definition) is 2. The first-order valence-corrected chi connectivity index (χ1v) is 6.45. The number of hydrogen-bond acceptors (Lipinski definition) is 5. The predicted molar refractivity (Wildman–Crippen MR) is 75.3 cm³/mol. The molecule has 0 amide bonds. The average molecular weight is 284 g/mol. The van der Waals surface area contributed by atoms with E-state index in [1.54, 1.807) is 7.11 Å². The lowest BCUT2D eigenvalue weighted by Gasteiger charge is -2.20. The van der Waals surface area contributed by atoms with Gasteiger partial charge in [-0.2, -0.15) is 0 Å². The van der Waals surface area contributed by atoms with E-state index in [4.69, 9.17) is 10.5 Å². The molecule has 0 heterocycles. The Balaban J connectivity index is 2.90. The van der Waals surface area contributed by atoms with Gasteiger partial charge in [0.2, 0.25) is 0 Å². The van der Waals surface area contributed by atoms with Crippen LogP contribution in [0.2, 0.25) is 0 Å². The predicted octanol–water partition coefficient (Wildman–Crippen LogP) is 1.78. The van der Waals surface area contributed by atoms with Gasteiger partial charge in [-0.25, -0.2) is 9.18 Å². The molecule has 1 atom stereocenters. The fraction of sp³-hybridized carbons (Fsp3) is 0.500. The minimum atomic E-state index is -0.581. The normalized spacial score (nSPS) is 12.0. The van der Waals surface area contributed by atoms with Crippen LogP contribution in [0.1, 0.15) is 23.2 Å². The Hall–Kier alpha value is -1.66. The molecule has 1 aromatic carbocycles. The van der Waals surface area contributed by atoms with Gasteiger partial charge in [0.1, 0.15) is 5.82 Å². The lowest BCUT2D eigenvalue weighted by molar-refractivity contribution is 0.0601. The van der Waals surface area contributed by atoms with Crippen LogP contribution < -0.4 is 11.1 Å². The van der Waals surface area contributed by atoms with Gasteiger partial charge in [-0.15, -0.1) is 0 Å². The number of nitrogens with two attached hydrogens (primary N) is 1. The lowest BCUT2D eigenvalue weighted by atomic mass is 10.1. The Labute approximate surface area is 118 Å². The highest BCUT2D eigenvalue weighted by molar-refractivity contribution is 5.95. The molecule has 20 heavy (non-hydrogen) atoms. The zero-order valence-electron chi connectivity index (χ0n) is 11.8. The third kappa shape index (κ3) is 4.79. The number of nitrogens with one attached hydrogen (secondary N) is 1. The number of esters is 1. The van der Waals surface area contributed by atoms with E-state index in [1.165, 1.54) is 19.2 Å². The SMILES string of the molecule is COCC(CCCN)Nc1ccc(F)cc1C(=O)OC. The summed E-state index contributed by atoms with van der Waals surface area (Å²) in [6.07, 6.45) is 1.62. The second-order valence-electron chi connectivity index (χ2n) is 4.41. The number of benzene rings is 1. The quantitative estimate of drug-likeness (QED) is 0.712. The van der Waals surface area contributed by atoms with Crippen LogP contribution in [0.15, 0.2) is 18.2 Å². The van der Waals surface area contributed by atoms with Crippen LogP contribution in [0, 0.1) is 5.82 Å². The van der Waals surface area contributed by atoms with Crippen LogP contribution >= 0.6 is 0 Å². The van der Waals surface area contributed by atoms with Crippen molar-refractivity contribution in [2.75, 3.05) is 32.7 Å². The Morgan fingerprint density at radius 3 is 2.80 bits per heavy atom. The van der Waals surface area contributed by atoms with Crippen molar-refractivity contribution in [1.82, 2.24) is 0 Å². The summed E-state index contributed by atoms with van der Waals surface area (Å²) in [5, 5.41) is 3.18. The van der Waals surface area contributed by atoms with E-state index in [1.807, 2.05) is 0 Å². The first-order valence-electron chi connectivity index (χ1n) is 6.45. The van der Waals surface area contributed by atoms with Gasteiger partial charge in [-0.05, 0) is 37.6 Å². The maximum Gasteiger partial charge on any atom is 0.340 e. The maximum absolute atomic E-state index is 13.3. The second-order valence-corrected chi connectivity index (χ2v) is 4.41. The molecule has 0 saturated carbocycles. The molecule has 3 N–H and O–H groups in total. The summed E-state index contributed by atoms with van der Waals surface area (Å²) in [7, 11) is 2.86. The Morgan fingerprint density at radius 1 is 1.45 bits per heavy atom. The first-order chi connectivity index (χ1) is 9.62. The fourth-order valence-corrected chi connectivity index (χ4v) is 1.90. The van der Waals surface area contributed by atoms with Crippen molar-refractivity contribution in [2.24, 2.45) is 5.73 Å². The van der Waals surface area contributed by atoms with Crippen molar-refractivity contribution in [1.29, 1.82) is 0 Å². The Kier molecular flexibility index (Phi) is 6.97. The van der Waals surface area contributed by atoms with Crippen LogP contribution in [0.4, 0.5) is 10.1 Å². The van der Waals surface area contributed by atoms with Gasteiger partial charge in [0.25, 0.3) is 0 Å². The highest BCUT2D eigenvalue weighted by atomic mass is 19.1. The van der Waals surface area contributed by atoms with Gasteiger partial charge in [-0.1, -0.05) is 0 Å². The number of carbonyl (C=O) groups excluding carboxylic acids is 1. The smallest absolute Gasteiger partial charge is 0.340 e. The molecule has 0 aliphatic rings. The second kappa shape index (κ2) is 8.50. The minimum absolute atomic E-state index is 0.00239. The molecular weight excluding hydrogens is 263 g/mol. The van der Waals surface area contributed by atoms with E-state index in [9.17, 15) is 9.18 Å². The van der Waals surface area contributed by atoms with Gasteiger partial charge in [-0.3, -0.25) is 0 Å². The van der Waals surface area contributed by atoms with Crippen LogP contribution in [-0.4, -0.2) is 39.4 Å². The zero-order chi connectivity index (χ0) is 15.0. The topological polar surface area (TPSA) is 73.6 Å². The third-order valence-electron chi connectivity index (χ3n) is 2.87. The fourth-order valence-electron chi connectivity index (χ4n) is 1.90. The molecule has 0 radical (unpaired) electrons.